The Hall–Kier alpha value is -7.84. The Labute approximate surface area is 678 Å². The molecule has 0 spiro atoms. The number of hydrogen-bond acceptors (Lipinski definition) is 8. The molecule has 0 amide bonds. The van der Waals surface area contributed by atoms with Crippen molar-refractivity contribution in [2.75, 3.05) is 26.4 Å². The summed E-state index contributed by atoms with van der Waals surface area (Å²) in [5.41, 5.74) is 21.0. The van der Waals surface area contributed by atoms with E-state index in [0.29, 0.717) is 77.8 Å². The van der Waals surface area contributed by atoms with Gasteiger partial charge in [0.2, 0.25) is 0 Å². The van der Waals surface area contributed by atoms with Crippen molar-refractivity contribution in [3.05, 3.63) is 231 Å². The molecule has 0 atom stereocenters. The number of hydrogen-bond donors (Lipinski definition) is 4. The predicted octanol–water partition coefficient (Wildman–Crippen LogP) is 26.6. The Bertz CT molecular complexity index is 3850. The standard InChI is InChI=1S/C104H144O8/c1-29-33-37-109-93-73-41-65-49-81(97(5,6)7)51-67(89(65)105)43-75-59-86(102(20,21)22)61-77(94(75)110-38-34-30-2)45-69-53-83(99(11,12)13)55-71(91(69)107)47-79-63-88(104(26,27)28)64-80(96(79)112-40-36-32-4)48-72-56-84(100(14,15)16)54-70(92(72)108)46-78-62-87(103(23,24)25)60-76(95(78)111-39-35-31-3)44-68-52-82(98(8,9)10)50-66(90(68)106)42-74(93)58-85(57-73)101(17,18)19/h49-64,105-108H,29-48H2,1-28H3. The first-order valence-electron chi connectivity index (χ1n) is 42.6. The third kappa shape index (κ3) is 21.6. The maximum absolute atomic E-state index is 13.4. The lowest BCUT2D eigenvalue weighted by Gasteiger charge is -2.28. The molecule has 4 N–H and O–H groups in total. The molecule has 8 aromatic rings. The number of unbranched alkanes of at least 4 members (excludes halogenated alkanes) is 4. The second-order valence-corrected chi connectivity index (χ2v) is 41.3. The monoisotopic (exact) mass is 1520 g/mol. The van der Waals surface area contributed by atoms with Crippen molar-refractivity contribution < 1.29 is 39.4 Å². The van der Waals surface area contributed by atoms with Crippen LogP contribution in [-0.4, -0.2) is 46.9 Å². The lowest BCUT2D eigenvalue weighted by molar-refractivity contribution is 0.303. The molecule has 1 aliphatic carbocycles. The summed E-state index contributed by atoms with van der Waals surface area (Å²) in [5, 5.41) is 53.8. The van der Waals surface area contributed by atoms with Gasteiger partial charge in [-0.25, -0.2) is 0 Å². The van der Waals surface area contributed by atoms with Crippen LogP contribution in [0.5, 0.6) is 46.0 Å². The summed E-state index contributed by atoms with van der Waals surface area (Å²) in [6.45, 7) is 65.0. The Kier molecular flexibility index (Phi) is 27.3. The maximum Gasteiger partial charge on any atom is 0.126 e. The number of phenols is 4. The number of ether oxygens (including phenoxy) is 4. The molecule has 112 heavy (non-hydrogen) atoms. The van der Waals surface area contributed by atoms with Crippen molar-refractivity contribution in [3.8, 4) is 46.0 Å². The smallest absolute Gasteiger partial charge is 0.126 e. The molecule has 8 aromatic carbocycles. The molecule has 9 rings (SSSR count). The van der Waals surface area contributed by atoms with E-state index in [9.17, 15) is 20.4 Å². The number of fused-ring (bicyclic) bond motifs is 16. The summed E-state index contributed by atoms with van der Waals surface area (Å²) in [7, 11) is 0. The van der Waals surface area contributed by atoms with Crippen molar-refractivity contribution in [2.45, 2.75) is 340 Å². The Morgan fingerprint density at radius 2 is 0.304 bits per heavy atom. The molecular weight excluding hydrogens is 1380 g/mol. The molecule has 16 bridgehead atoms. The number of rotatable bonds is 16. The van der Waals surface area contributed by atoms with Crippen molar-refractivity contribution in [3.63, 3.8) is 0 Å². The molecule has 0 saturated heterocycles. The molecule has 0 fully saturated rings. The van der Waals surface area contributed by atoms with Gasteiger partial charge in [-0.2, -0.15) is 0 Å². The van der Waals surface area contributed by atoms with E-state index in [1.807, 2.05) is 0 Å². The van der Waals surface area contributed by atoms with Gasteiger partial charge >= 0.3 is 0 Å². The average Bonchev–Trinajstić information content (AvgIpc) is 0.772. The van der Waals surface area contributed by atoms with Crippen LogP contribution >= 0.6 is 0 Å². The van der Waals surface area contributed by atoms with Crippen molar-refractivity contribution in [1.29, 1.82) is 0 Å². The molecule has 0 heterocycles. The molecule has 8 nitrogen and oxygen atoms in total. The highest BCUT2D eigenvalue weighted by Crippen LogP contribution is 2.48. The van der Waals surface area contributed by atoms with Crippen LogP contribution in [0.15, 0.2) is 97.1 Å². The highest BCUT2D eigenvalue weighted by atomic mass is 16.5. The van der Waals surface area contributed by atoms with Crippen molar-refractivity contribution in [1.82, 2.24) is 0 Å². The zero-order valence-corrected chi connectivity index (χ0v) is 74.8. The lowest BCUT2D eigenvalue weighted by Crippen LogP contribution is -2.17. The largest absolute Gasteiger partial charge is 0.507 e. The van der Waals surface area contributed by atoms with Crippen LogP contribution < -0.4 is 18.9 Å². The molecule has 608 valence electrons. The molecule has 0 saturated carbocycles. The fourth-order valence-electron chi connectivity index (χ4n) is 15.3. The normalized spacial score (nSPS) is 13.8. The van der Waals surface area contributed by atoms with Gasteiger partial charge in [0.05, 0.1) is 26.4 Å². The summed E-state index contributed by atoms with van der Waals surface area (Å²) >= 11 is 0. The second kappa shape index (κ2) is 34.7. The van der Waals surface area contributed by atoms with Gasteiger partial charge in [0.15, 0.2) is 0 Å². The third-order valence-electron chi connectivity index (χ3n) is 23.0. The van der Waals surface area contributed by atoms with E-state index in [-0.39, 0.29) is 66.3 Å². The quantitative estimate of drug-likeness (QED) is 0.0707. The van der Waals surface area contributed by atoms with Crippen LogP contribution in [0.1, 0.15) is 379 Å². The maximum atomic E-state index is 13.4. The van der Waals surface area contributed by atoms with Gasteiger partial charge in [-0.1, -0.05) is 317 Å². The zero-order valence-electron chi connectivity index (χ0n) is 74.8. The van der Waals surface area contributed by atoms with Crippen LogP contribution in [0.4, 0.5) is 0 Å². The van der Waals surface area contributed by atoms with E-state index in [2.05, 4.69) is 291 Å². The first-order chi connectivity index (χ1) is 52.0. The highest BCUT2D eigenvalue weighted by molar-refractivity contribution is 5.63. The fourth-order valence-corrected chi connectivity index (χ4v) is 15.3. The van der Waals surface area contributed by atoms with Crippen molar-refractivity contribution in [2.24, 2.45) is 0 Å². The van der Waals surface area contributed by atoms with E-state index >= 15 is 0 Å². The third-order valence-corrected chi connectivity index (χ3v) is 23.0. The van der Waals surface area contributed by atoms with Gasteiger partial charge in [-0.3, -0.25) is 0 Å². The Morgan fingerprint density at radius 1 is 0.196 bits per heavy atom. The Balaban J connectivity index is 1.43. The second-order valence-electron chi connectivity index (χ2n) is 41.3. The molecule has 0 unspecified atom stereocenters. The van der Waals surface area contributed by atoms with Gasteiger partial charge in [0, 0.05) is 51.4 Å². The molecule has 0 radical (unpaired) electrons. The first kappa shape index (κ1) is 88.1. The van der Waals surface area contributed by atoms with Crippen LogP contribution in [0, 0.1) is 0 Å². The molecule has 8 heteroatoms. The zero-order chi connectivity index (χ0) is 82.8. The number of benzene rings is 8. The topological polar surface area (TPSA) is 118 Å². The fraction of sp³-hybridized carbons (Fsp3) is 0.538. The minimum absolute atomic E-state index is 0.247. The van der Waals surface area contributed by atoms with Crippen LogP contribution in [-0.2, 0) is 94.7 Å². The SMILES string of the molecule is CCCCOc1c2cc(C(C)(C)C)cc1Cc1cc(C(C)(C)C)cc(c1O)Cc1cc(C(C)(C)C)cc(c1OCCCC)Cc1cc(C(C)(C)C)cc(c1O)Cc1cc(C(C)(C)C)cc(c1OCCCC)Cc1cc(C(C)(C)C)cc(c1O)Cc1cc(C(C)(C)C)cc(c1OCCCC)Cc1cc(C(C)(C)C)cc(c1O)C2. The number of phenolic OH excluding ortho intramolecular Hbond substituents is 4. The summed E-state index contributed by atoms with van der Waals surface area (Å²) in [5.74, 6) is 4.13. The van der Waals surface area contributed by atoms with E-state index in [4.69, 9.17) is 18.9 Å². The molecule has 0 aliphatic heterocycles. The summed E-state index contributed by atoms with van der Waals surface area (Å²) in [4.78, 5) is 0. The highest BCUT2D eigenvalue weighted by Gasteiger charge is 2.33. The van der Waals surface area contributed by atoms with Gasteiger partial charge in [-0.15, -0.1) is 0 Å². The average molecular weight is 1520 g/mol. The minimum Gasteiger partial charge on any atom is -0.507 e. The van der Waals surface area contributed by atoms with Gasteiger partial charge in [-0.05, 0) is 203 Å². The van der Waals surface area contributed by atoms with E-state index in [1.165, 1.54) is 0 Å². The van der Waals surface area contributed by atoms with Crippen LogP contribution in [0.25, 0.3) is 0 Å². The van der Waals surface area contributed by atoms with Crippen molar-refractivity contribution >= 4 is 0 Å². The summed E-state index contributed by atoms with van der Waals surface area (Å²) in [6, 6.07) is 36.2. The van der Waals surface area contributed by atoms with Gasteiger partial charge in [0.1, 0.15) is 46.0 Å². The molecular formula is C104H144O8. The molecule has 0 aromatic heterocycles. The first-order valence-corrected chi connectivity index (χ1v) is 42.6. The minimum atomic E-state index is -0.300. The Morgan fingerprint density at radius 3 is 0.402 bits per heavy atom. The molecule has 1 aliphatic rings. The van der Waals surface area contributed by atoms with E-state index < -0.39 is 0 Å². The van der Waals surface area contributed by atoms with Crippen LogP contribution in [0.2, 0.25) is 0 Å². The van der Waals surface area contributed by atoms with Gasteiger partial charge < -0.3 is 39.4 Å². The summed E-state index contributed by atoms with van der Waals surface area (Å²) < 4.78 is 28.8. The van der Waals surface area contributed by atoms with Crippen LogP contribution in [0.3, 0.4) is 0 Å². The predicted molar refractivity (Wildman–Crippen MR) is 472 cm³/mol. The lowest BCUT2D eigenvalue weighted by atomic mass is 9.79. The number of aromatic hydroxyl groups is 4. The van der Waals surface area contributed by atoms with E-state index in [1.54, 1.807) is 0 Å². The van der Waals surface area contributed by atoms with Gasteiger partial charge in [0.25, 0.3) is 0 Å². The summed E-state index contributed by atoms with van der Waals surface area (Å²) in [6.07, 6.45) is 10.3. The van der Waals surface area contributed by atoms with E-state index in [0.717, 1.165) is 208 Å².